The highest BCUT2D eigenvalue weighted by molar-refractivity contribution is 5.96. The van der Waals surface area contributed by atoms with Crippen molar-refractivity contribution in [3.8, 4) is 0 Å². The summed E-state index contributed by atoms with van der Waals surface area (Å²) in [4.78, 5) is 72.7. The molecule has 3 atom stereocenters. The highest BCUT2D eigenvalue weighted by Gasteiger charge is 2.39. The Balaban J connectivity index is 3.01. The van der Waals surface area contributed by atoms with Crippen LogP contribution in [0.15, 0.2) is 0 Å². The van der Waals surface area contributed by atoms with Gasteiger partial charge in [0.2, 0.25) is 23.6 Å². The van der Waals surface area contributed by atoms with Crippen molar-refractivity contribution in [2.45, 2.75) is 70.2 Å². The number of alkyl carbamates (subject to hydrolysis) is 1. The monoisotopic (exact) mass is 443 g/mol. The zero-order valence-corrected chi connectivity index (χ0v) is 17.7. The van der Waals surface area contributed by atoms with Crippen LogP contribution in [0.2, 0.25) is 0 Å². The fraction of sp³-hybridized carbons (Fsp3) is 0.667. The topological polar surface area (TPSA) is 211 Å². The third-order valence-electron chi connectivity index (χ3n) is 4.25. The van der Waals surface area contributed by atoms with Crippen LogP contribution in [0.1, 0.15) is 46.5 Å². The zero-order valence-electron chi connectivity index (χ0n) is 17.7. The smallest absolute Gasteiger partial charge is 0.408 e. The van der Waals surface area contributed by atoms with E-state index < -0.39 is 72.3 Å². The molecule has 0 aliphatic carbocycles. The number of primary amides is 2. The van der Waals surface area contributed by atoms with E-state index in [4.69, 9.17) is 16.2 Å². The highest BCUT2D eigenvalue weighted by atomic mass is 16.6. The van der Waals surface area contributed by atoms with Gasteiger partial charge in [0.15, 0.2) is 0 Å². The summed E-state index contributed by atoms with van der Waals surface area (Å²) in [5.74, 6) is -4.86. The number of carboxylic acid groups (broad SMARTS) is 1. The Morgan fingerprint density at radius 3 is 2.06 bits per heavy atom. The normalized spacial score (nSPS) is 17.9. The van der Waals surface area contributed by atoms with Crippen LogP contribution < -0.4 is 22.1 Å². The summed E-state index contributed by atoms with van der Waals surface area (Å²) in [5, 5.41) is 13.7. The van der Waals surface area contributed by atoms with Crippen LogP contribution in [0, 0.1) is 0 Å². The fourth-order valence-electron chi connectivity index (χ4n) is 3.02. The Bertz CT molecular complexity index is 748. The molecule has 1 aliphatic rings. The summed E-state index contributed by atoms with van der Waals surface area (Å²) in [7, 11) is 0. The van der Waals surface area contributed by atoms with Gasteiger partial charge in [0.1, 0.15) is 23.7 Å². The third-order valence-corrected chi connectivity index (χ3v) is 4.25. The Labute approximate surface area is 178 Å². The number of carbonyl (C=O) groups excluding carboxylic acids is 5. The van der Waals surface area contributed by atoms with E-state index in [1.807, 2.05) is 0 Å². The first-order valence-corrected chi connectivity index (χ1v) is 9.61. The first-order chi connectivity index (χ1) is 14.2. The maximum absolute atomic E-state index is 12.8. The fourth-order valence-corrected chi connectivity index (χ4v) is 3.02. The second kappa shape index (κ2) is 10.6. The molecule has 174 valence electrons. The number of aliphatic carboxylic acids is 1. The van der Waals surface area contributed by atoms with Crippen LogP contribution in [-0.2, 0) is 28.7 Å². The molecule has 0 aromatic carbocycles. The predicted octanol–water partition coefficient (Wildman–Crippen LogP) is -1.81. The van der Waals surface area contributed by atoms with Crippen LogP contribution in [0.5, 0.6) is 0 Å². The van der Waals surface area contributed by atoms with E-state index in [2.05, 4.69) is 10.6 Å². The SMILES string of the molecule is CC(C)(C)OC(=O)N[C@@H](CC(N)=O)C(=O)N[C@@H](CC(N)=O)C(=O)N1CCC[C@H]1C(=O)O. The third kappa shape index (κ3) is 8.48. The average Bonchev–Trinajstić information content (AvgIpc) is 3.07. The van der Waals surface area contributed by atoms with Gasteiger partial charge in [0.05, 0.1) is 12.8 Å². The molecule has 1 heterocycles. The van der Waals surface area contributed by atoms with Crippen LogP contribution in [-0.4, -0.2) is 76.0 Å². The van der Waals surface area contributed by atoms with Crippen molar-refractivity contribution >= 4 is 35.7 Å². The quantitative estimate of drug-likeness (QED) is 0.273. The lowest BCUT2D eigenvalue weighted by atomic mass is 10.1. The van der Waals surface area contributed by atoms with Gasteiger partial charge >= 0.3 is 12.1 Å². The molecule has 1 aliphatic heterocycles. The van der Waals surface area contributed by atoms with Crippen LogP contribution in [0.25, 0.3) is 0 Å². The molecule has 7 N–H and O–H groups in total. The van der Waals surface area contributed by atoms with E-state index in [1.54, 1.807) is 20.8 Å². The second-order valence-corrected chi connectivity index (χ2v) is 8.13. The van der Waals surface area contributed by atoms with Crippen molar-refractivity contribution in [2.24, 2.45) is 11.5 Å². The minimum Gasteiger partial charge on any atom is -0.480 e. The Hall–Kier alpha value is -3.38. The number of carbonyl (C=O) groups is 6. The number of nitrogens with zero attached hydrogens (tertiary/aromatic N) is 1. The second-order valence-electron chi connectivity index (χ2n) is 8.13. The van der Waals surface area contributed by atoms with Crippen LogP contribution in [0.3, 0.4) is 0 Å². The average molecular weight is 443 g/mol. The summed E-state index contributed by atoms with van der Waals surface area (Å²) in [5.41, 5.74) is 9.41. The molecule has 1 fully saturated rings. The minimum atomic E-state index is -1.50. The van der Waals surface area contributed by atoms with Gasteiger partial charge in [-0.2, -0.15) is 0 Å². The van der Waals surface area contributed by atoms with Gasteiger partial charge in [-0.3, -0.25) is 19.2 Å². The zero-order chi connectivity index (χ0) is 23.9. The van der Waals surface area contributed by atoms with Crippen molar-refractivity contribution < 1.29 is 38.6 Å². The molecule has 0 aromatic rings. The Kier molecular flexibility index (Phi) is 8.76. The lowest BCUT2D eigenvalue weighted by molar-refractivity contribution is -0.149. The number of carboxylic acids is 1. The van der Waals surface area contributed by atoms with E-state index in [1.165, 1.54) is 0 Å². The van der Waals surface area contributed by atoms with Gasteiger partial charge in [0.25, 0.3) is 0 Å². The lowest BCUT2D eigenvalue weighted by Gasteiger charge is -2.28. The van der Waals surface area contributed by atoms with Gasteiger partial charge in [-0.25, -0.2) is 9.59 Å². The molecule has 0 aromatic heterocycles. The molecule has 13 nitrogen and oxygen atoms in total. The maximum atomic E-state index is 12.8. The Morgan fingerprint density at radius 1 is 1.03 bits per heavy atom. The number of nitrogens with two attached hydrogens (primary N) is 2. The number of hydrogen-bond donors (Lipinski definition) is 5. The number of nitrogens with one attached hydrogen (secondary N) is 2. The van der Waals surface area contributed by atoms with Crippen molar-refractivity contribution in [2.75, 3.05) is 6.54 Å². The number of rotatable bonds is 9. The summed E-state index contributed by atoms with van der Waals surface area (Å²) < 4.78 is 5.04. The van der Waals surface area contributed by atoms with Crippen molar-refractivity contribution in [3.63, 3.8) is 0 Å². The molecule has 1 rings (SSSR count). The highest BCUT2D eigenvalue weighted by Crippen LogP contribution is 2.19. The molecule has 0 bridgehead atoms. The van der Waals surface area contributed by atoms with E-state index in [9.17, 15) is 33.9 Å². The standard InChI is InChI=1S/C18H29N5O8/c1-18(2,3)31-17(30)22-9(7-12(19)24)14(26)21-10(8-13(20)25)15(27)23-6-4-5-11(23)16(28)29/h9-11H,4-8H2,1-3H3,(H2,19,24)(H2,20,25)(H,21,26)(H,22,30)(H,28,29)/t9-,10-,11-/m0/s1. The van der Waals surface area contributed by atoms with Gasteiger partial charge in [-0.1, -0.05) is 0 Å². The summed E-state index contributed by atoms with van der Waals surface area (Å²) in [6.45, 7) is 4.90. The molecular weight excluding hydrogens is 414 g/mol. The summed E-state index contributed by atoms with van der Waals surface area (Å²) >= 11 is 0. The number of hydrogen-bond acceptors (Lipinski definition) is 7. The summed E-state index contributed by atoms with van der Waals surface area (Å²) in [6, 6.07) is -4.08. The molecule has 1 saturated heterocycles. The Morgan fingerprint density at radius 2 is 1.58 bits per heavy atom. The first kappa shape index (κ1) is 25.7. The predicted molar refractivity (Wildman–Crippen MR) is 105 cm³/mol. The van der Waals surface area contributed by atoms with Crippen molar-refractivity contribution in [1.29, 1.82) is 0 Å². The summed E-state index contributed by atoms with van der Waals surface area (Å²) in [6.07, 6.45) is -1.56. The van der Waals surface area contributed by atoms with E-state index in [0.717, 1.165) is 4.90 Å². The minimum absolute atomic E-state index is 0.127. The van der Waals surface area contributed by atoms with E-state index in [-0.39, 0.29) is 13.0 Å². The molecule has 0 spiro atoms. The molecule has 5 amide bonds. The van der Waals surface area contributed by atoms with Crippen molar-refractivity contribution in [3.05, 3.63) is 0 Å². The number of ether oxygens (including phenoxy) is 1. The van der Waals surface area contributed by atoms with E-state index in [0.29, 0.717) is 6.42 Å². The first-order valence-electron chi connectivity index (χ1n) is 9.61. The van der Waals surface area contributed by atoms with Crippen molar-refractivity contribution in [1.82, 2.24) is 15.5 Å². The van der Waals surface area contributed by atoms with Crippen LogP contribution >= 0.6 is 0 Å². The largest absolute Gasteiger partial charge is 0.480 e. The maximum Gasteiger partial charge on any atom is 0.408 e. The van der Waals surface area contributed by atoms with Gasteiger partial charge in [-0.05, 0) is 33.6 Å². The van der Waals surface area contributed by atoms with Gasteiger partial charge < -0.3 is 36.8 Å². The molecule has 0 radical (unpaired) electrons. The van der Waals surface area contributed by atoms with Crippen LogP contribution in [0.4, 0.5) is 4.79 Å². The molecule has 31 heavy (non-hydrogen) atoms. The molecule has 0 unspecified atom stereocenters. The van der Waals surface area contributed by atoms with Gasteiger partial charge in [-0.15, -0.1) is 0 Å². The molecule has 0 saturated carbocycles. The van der Waals surface area contributed by atoms with Gasteiger partial charge in [0, 0.05) is 6.54 Å². The molecule has 13 heteroatoms. The number of likely N-dealkylation sites (tertiary alicyclic amines) is 1. The van der Waals surface area contributed by atoms with E-state index >= 15 is 0 Å². The number of amides is 5. The lowest BCUT2D eigenvalue weighted by Crippen LogP contribution is -2.57. The molecular formula is C18H29N5O8.